The molecule has 0 fully saturated rings. The van der Waals surface area contributed by atoms with Crippen LogP contribution in [0.25, 0.3) is 22.1 Å². The zero-order chi connectivity index (χ0) is 22.1. The number of benzene rings is 3. The Balaban J connectivity index is 1.77. The number of Topliss-reactive ketones (excluding diaryl/α,β-unsaturated/α-hetero) is 1. The number of nitrogens with zero attached hydrogens (tertiary/aromatic N) is 1. The number of ketones is 1. The molecule has 0 aliphatic carbocycles. The average molecular weight is 415 g/mol. The minimum absolute atomic E-state index is 0.0191. The average Bonchev–Trinajstić information content (AvgIpc) is 2.74. The van der Waals surface area contributed by atoms with E-state index in [1.807, 2.05) is 30.3 Å². The van der Waals surface area contributed by atoms with E-state index >= 15 is 0 Å². The third-order valence-corrected chi connectivity index (χ3v) is 4.89. The number of rotatable bonds is 5. The van der Waals surface area contributed by atoms with Crippen LogP contribution in [0.2, 0.25) is 0 Å². The number of ether oxygens (including phenoxy) is 1. The lowest BCUT2D eigenvalue weighted by molar-refractivity contribution is -0.385. The van der Waals surface area contributed by atoms with Crippen molar-refractivity contribution in [1.29, 1.82) is 0 Å². The van der Waals surface area contributed by atoms with E-state index in [9.17, 15) is 19.7 Å². The number of fused-ring (bicyclic) bond motifs is 1. The quantitative estimate of drug-likeness (QED) is 0.236. The fourth-order valence-corrected chi connectivity index (χ4v) is 3.38. The summed E-state index contributed by atoms with van der Waals surface area (Å²) in [4.78, 5) is 35.4. The molecular weight excluding hydrogens is 398 g/mol. The zero-order valence-corrected chi connectivity index (χ0v) is 16.7. The summed E-state index contributed by atoms with van der Waals surface area (Å²) in [5, 5.41) is 11.8. The topological polar surface area (TPSA) is 99.7 Å². The highest BCUT2D eigenvalue weighted by atomic mass is 16.6. The molecule has 1 heterocycles. The summed E-state index contributed by atoms with van der Waals surface area (Å²) in [5.74, 6) is 0.417. The van der Waals surface area contributed by atoms with Crippen molar-refractivity contribution >= 4 is 22.4 Å². The first-order chi connectivity index (χ1) is 14.8. The number of hydrogen-bond acceptors (Lipinski definition) is 6. The lowest BCUT2D eigenvalue weighted by Gasteiger charge is -2.10. The second-order valence-corrected chi connectivity index (χ2v) is 6.98. The van der Waals surface area contributed by atoms with Crippen LogP contribution in [-0.2, 0) is 0 Å². The van der Waals surface area contributed by atoms with Gasteiger partial charge in [-0.25, -0.2) is 0 Å². The Kier molecular flexibility index (Phi) is 5.09. The first-order valence-electron chi connectivity index (χ1n) is 9.45. The van der Waals surface area contributed by atoms with Crippen LogP contribution in [0.4, 0.5) is 5.69 Å². The van der Waals surface area contributed by atoms with Gasteiger partial charge in [0.05, 0.1) is 15.9 Å². The van der Waals surface area contributed by atoms with Crippen molar-refractivity contribution < 1.29 is 18.9 Å². The van der Waals surface area contributed by atoms with Gasteiger partial charge in [0.25, 0.3) is 0 Å². The van der Waals surface area contributed by atoms with Gasteiger partial charge in [-0.2, -0.15) is 0 Å². The number of carbonyl (C=O) groups excluding carboxylic acids is 1. The van der Waals surface area contributed by atoms with E-state index in [1.54, 1.807) is 19.1 Å². The number of aryl methyl sites for hydroxylation is 1. The van der Waals surface area contributed by atoms with Crippen molar-refractivity contribution in [1.82, 2.24) is 0 Å². The van der Waals surface area contributed by atoms with Crippen molar-refractivity contribution in [3.63, 3.8) is 0 Å². The van der Waals surface area contributed by atoms with Gasteiger partial charge in [0, 0.05) is 17.7 Å². The summed E-state index contributed by atoms with van der Waals surface area (Å²) >= 11 is 0. The standard InChI is InChI=1S/C24H17NO6/c1-14(26)17-8-11-21(20(12-17)25(28)29)31-18-9-10-19-22(13-18)30-15(2)23(24(19)27)16-6-4-3-5-7-16/h3-13H,1-2H3. The molecule has 4 aromatic rings. The minimum atomic E-state index is -0.612. The van der Waals surface area contributed by atoms with Crippen molar-refractivity contribution in [2.45, 2.75) is 13.8 Å². The van der Waals surface area contributed by atoms with E-state index in [1.165, 1.54) is 31.2 Å². The molecule has 4 rings (SSSR count). The van der Waals surface area contributed by atoms with Gasteiger partial charge < -0.3 is 9.15 Å². The molecule has 0 amide bonds. The molecule has 0 saturated heterocycles. The Morgan fingerprint density at radius 3 is 2.45 bits per heavy atom. The summed E-state index contributed by atoms with van der Waals surface area (Å²) < 4.78 is 11.6. The Bertz CT molecular complexity index is 1390. The Morgan fingerprint density at radius 2 is 1.77 bits per heavy atom. The van der Waals surface area contributed by atoms with Crippen molar-refractivity contribution in [2.75, 3.05) is 0 Å². The van der Waals surface area contributed by atoms with Crippen LogP contribution in [0.1, 0.15) is 23.0 Å². The van der Waals surface area contributed by atoms with Gasteiger partial charge in [0.1, 0.15) is 17.1 Å². The Labute approximate surface area is 176 Å². The molecule has 1 aromatic heterocycles. The van der Waals surface area contributed by atoms with Crippen molar-refractivity contribution in [2.24, 2.45) is 0 Å². The van der Waals surface area contributed by atoms with Gasteiger partial charge in [0.15, 0.2) is 5.78 Å². The highest BCUT2D eigenvalue weighted by Gasteiger charge is 2.19. The van der Waals surface area contributed by atoms with Gasteiger partial charge in [-0.05, 0) is 43.7 Å². The maximum absolute atomic E-state index is 13.0. The second-order valence-electron chi connectivity index (χ2n) is 6.98. The molecule has 7 nitrogen and oxygen atoms in total. The number of carbonyl (C=O) groups is 1. The van der Waals surface area contributed by atoms with Crippen LogP contribution in [0.5, 0.6) is 11.5 Å². The fourth-order valence-electron chi connectivity index (χ4n) is 3.38. The van der Waals surface area contributed by atoms with Crippen LogP contribution >= 0.6 is 0 Å². The van der Waals surface area contributed by atoms with E-state index in [2.05, 4.69) is 0 Å². The SMILES string of the molecule is CC(=O)c1ccc(Oc2ccc3c(=O)c(-c4ccccc4)c(C)oc3c2)c([N+](=O)[O-])c1. The largest absolute Gasteiger partial charge is 0.460 e. The van der Waals surface area contributed by atoms with Crippen LogP contribution < -0.4 is 10.2 Å². The van der Waals surface area contributed by atoms with E-state index < -0.39 is 4.92 Å². The summed E-state index contributed by atoms with van der Waals surface area (Å²) in [6.07, 6.45) is 0. The first-order valence-corrected chi connectivity index (χ1v) is 9.45. The monoisotopic (exact) mass is 415 g/mol. The van der Waals surface area contributed by atoms with E-state index in [0.717, 1.165) is 5.56 Å². The highest BCUT2D eigenvalue weighted by molar-refractivity contribution is 5.95. The summed E-state index contributed by atoms with van der Waals surface area (Å²) in [6.45, 7) is 3.04. The van der Waals surface area contributed by atoms with Crippen molar-refractivity contribution in [3.05, 3.63) is 98.4 Å². The van der Waals surface area contributed by atoms with Crippen molar-refractivity contribution in [3.8, 4) is 22.6 Å². The molecule has 31 heavy (non-hydrogen) atoms. The van der Waals surface area contributed by atoms with Crippen LogP contribution in [-0.4, -0.2) is 10.7 Å². The second kappa shape index (κ2) is 7.87. The molecular formula is C24H17NO6. The lowest BCUT2D eigenvalue weighted by Crippen LogP contribution is -2.07. The van der Waals surface area contributed by atoms with Crippen LogP contribution in [0.15, 0.2) is 75.9 Å². The summed E-state index contributed by atoms with van der Waals surface area (Å²) in [7, 11) is 0. The number of hydrogen-bond donors (Lipinski definition) is 0. The first kappa shape index (κ1) is 20.0. The van der Waals surface area contributed by atoms with Gasteiger partial charge >= 0.3 is 5.69 Å². The summed E-state index contributed by atoms with van der Waals surface area (Å²) in [6, 6.07) is 17.9. The number of nitro groups is 1. The normalized spacial score (nSPS) is 10.8. The van der Waals surface area contributed by atoms with Gasteiger partial charge in [0.2, 0.25) is 11.2 Å². The van der Waals surface area contributed by atoms with E-state index in [0.29, 0.717) is 22.3 Å². The van der Waals surface area contributed by atoms with Crippen LogP contribution in [0, 0.1) is 17.0 Å². The maximum Gasteiger partial charge on any atom is 0.312 e. The highest BCUT2D eigenvalue weighted by Crippen LogP contribution is 2.34. The number of nitro benzene ring substituents is 1. The molecule has 0 aliphatic heterocycles. The molecule has 0 bridgehead atoms. The fraction of sp³-hybridized carbons (Fsp3) is 0.0833. The molecule has 0 radical (unpaired) electrons. The molecule has 0 aliphatic rings. The molecule has 0 N–H and O–H groups in total. The molecule has 0 unspecified atom stereocenters. The third kappa shape index (κ3) is 3.81. The zero-order valence-electron chi connectivity index (χ0n) is 16.7. The minimum Gasteiger partial charge on any atom is -0.460 e. The summed E-state index contributed by atoms with van der Waals surface area (Å²) in [5.41, 5.74) is 1.27. The molecule has 0 saturated carbocycles. The van der Waals surface area contributed by atoms with Gasteiger partial charge in [-0.3, -0.25) is 19.7 Å². The third-order valence-electron chi connectivity index (χ3n) is 4.89. The Hall–Kier alpha value is -4.26. The Morgan fingerprint density at radius 1 is 1.03 bits per heavy atom. The van der Waals surface area contributed by atoms with E-state index in [4.69, 9.17) is 9.15 Å². The molecule has 0 atom stereocenters. The smallest absolute Gasteiger partial charge is 0.312 e. The van der Waals surface area contributed by atoms with Gasteiger partial charge in [-0.15, -0.1) is 0 Å². The van der Waals surface area contributed by atoms with Gasteiger partial charge in [-0.1, -0.05) is 30.3 Å². The predicted molar refractivity (Wildman–Crippen MR) is 116 cm³/mol. The van der Waals surface area contributed by atoms with E-state index in [-0.39, 0.29) is 34.0 Å². The maximum atomic E-state index is 13.0. The van der Waals surface area contributed by atoms with Crippen LogP contribution in [0.3, 0.4) is 0 Å². The lowest BCUT2D eigenvalue weighted by atomic mass is 10.0. The molecule has 154 valence electrons. The predicted octanol–water partition coefficient (Wildman–Crippen LogP) is 5.67. The molecule has 3 aromatic carbocycles. The molecule has 0 spiro atoms. The molecule has 7 heteroatoms.